The Bertz CT molecular complexity index is 1030. The van der Waals surface area contributed by atoms with E-state index >= 15 is 0 Å². The molecule has 0 aromatic heterocycles. The van der Waals surface area contributed by atoms with Gasteiger partial charge in [0, 0.05) is 17.9 Å². The minimum absolute atomic E-state index is 0.0621. The third-order valence-electron chi connectivity index (χ3n) is 6.74. The number of hydrogen-bond donors (Lipinski definition) is 3. The van der Waals surface area contributed by atoms with Gasteiger partial charge in [-0.3, -0.25) is 4.79 Å². The van der Waals surface area contributed by atoms with Crippen LogP contribution >= 0.6 is 23.2 Å². The smallest absolute Gasteiger partial charge is 0.344 e. The minimum Gasteiger partial charge on any atom is -0.506 e. The molecule has 1 fully saturated rings. The summed E-state index contributed by atoms with van der Waals surface area (Å²) >= 11 is 13.5. The molecule has 3 rings (SSSR count). The summed E-state index contributed by atoms with van der Waals surface area (Å²) in [4.78, 5) is 37.7. The van der Waals surface area contributed by atoms with Crippen molar-refractivity contribution in [2.24, 2.45) is 5.41 Å². The molecule has 0 bridgehead atoms. The molecule has 0 aliphatic heterocycles. The quantitative estimate of drug-likeness (QED) is 0.325. The van der Waals surface area contributed by atoms with Crippen LogP contribution in [0.15, 0.2) is 52.8 Å². The van der Waals surface area contributed by atoms with E-state index in [1.165, 1.54) is 6.08 Å². The summed E-state index contributed by atoms with van der Waals surface area (Å²) in [5, 5.41) is 16.3. The van der Waals surface area contributed by atoms with E-state index in [1.807, 2.05) is 13.1 Å². The van der Waals surface area contributed by atoms with E-state index in [2.05, 4.69) is 10.6 Å². The lowest BCUT2D eigenvalue weighted by atomic mass is 9.65. The summed E-state index contributed by atoms with van der Waals surface area (Å²) < 4.78 is 9.87. The lowest BCUT2D eigenvalue weighted by molar-refractivity contribution is -0.160. The number of esters is 2. The molecule has 1 saturated carbocycles. The van der Waals surface area contributed by atoms with Crippen molar-refractivity contribution in [3.8, 4) is 0 Å². The number of ether oxygens (including phenoxy) is 2. The number of aliphatic hydroxyl groups excluding tert-OH is 1. The average Bonchev–Trinajstić information content (AvgIpc) is 2.88. The number of halogens is 2. The van der Waals surface area contributed by atoms with E-state index in [9.17, 15) is 19.5 Å². The van der Waals surface area contributed by atoms with Gasteiger partial charge in [0.1, 0.15) is 11.8 Å². The zero-order chi connectivity index (χ0) is 26.3. The fraction of sp³-hybridized carbons (Fsp3) is 0.500. The summed E-state index contributed by atoms with van der Waals surface area (Å²) in [5.74, 6) is -2.59. The number of nitrogens with one attached hydrogen (secondary N) is 2. The molecule has 196 valence electrons. The van der Waals surface area contributed by atoms with Crippen LogP contribution in [0, 0.1) is 5.41 Å². The highest BCUT2D eigenvalue weighted by Crippen LogP contribution is 2.53. The Morgan fingerprint density at radius 3 is 2.58 bits per heavy atom. The van der Waals surface area contributed by atoms with Gasteiger partial charge in [0.15, 0.2) is 6.61 Å². The van der Waals surface area contributed by atoms with Gasteiger partial charge >= 0.3 is 11.9 Å². The topological polar surface area (TPSA) is 114 Å². The highest BCUT2D eigenvalue weighted by molar-refractivity contribution is 6.33. The summed E-state index contributed by atoms with van der Waals surface area (Å²) in [5.41, 5.74) is -0.0757. The van der Waals surface area contributed by atoms with Crippen LogP contribution in [0.4, 0.5) is 0 Å². The number of amides is 1. The number of carbonyl (C=O) groups excluding carboxylic acids is 3. The second kappa shape index (κ2) is 12.6. The molecule has 1 spiro atoms. The van der Waals surface area contributed by atoms with Crippen LogP contribution in [0.2, 0.25) is 0 Å². The molecule has 1 aromatic rings. The molecule has 0 radical (unpaired) electrons. The Morgan fingerprint density at radius 2 is 1.92 bits per heavy atom. The van der Waals surface area contributed by atoms with Gasteiger partial charge in [0.2, 0.25) is 0 Å². The van der Waals surface area contributed by atoms with E-state index < -0.39 is 41.3 Å². The van der Waals surface area contributed by atoms with Crippen molar-refractivity contribution in [1.29, 1.82) is 0 Å². The molecule has 1 aromatic carbocycles. The van der Waals surface area contributed by atoms with Crippen LogP contribution < -0.4 is 10.6 Å². The maximum Gasteiger partial charge on any atom is 0.344 e. The van der Waals surface area contributed by atoms with Crippen molar-refractivity contribution in [3.63, 3.8) is 0 Å². The Labute approximate surface area is 221 Å². The minimum atomic E-state index is -1.13. The first-order valence-corrected chi connectivity index (χ1v) is 12.9. The molecule has 36 heavy (non-hydrogen) atoms. The van der Waals surface area contributed by atoms with E-state index in [0.717, 1.165) is 24.8 Å². The molecular formula is C26H32Cl2N2O6. The van der Waals surface area contributed by atoms with Crippen LogP contribution in [0.1, 0.15) is 38.2 Å². The lowest BCUT2D eigenvalue weighted by Gasteiger charge is -2.48. The average molecular weight is 539 g/mol. The molecule has 10 heteroatoms. The summed E-state index contributed by atoms with van der Waals surface area (Å²) in [6.07, 6.45) is 5.01. The van der Waals surface area contributed by atoms with Crippen LogP contribution in [-0.2, 0) is 30.3 Å². The van der Waals surface area contributed by atoms with E-state index in [4.69, 9.17) is 32.7 Å². The van der Waals surface area contributed by atoms with Gasteiger partial charge in [-0.25, -0.2) is 9.59 Å². The SMILES string of the molecule is CCOC(=O)COC(=O)C(Cc1ccccc1)NC(=O)C1=CC(Cl)C2(CCCCC2NC)C(Cl)=C1O. The standard InChI is InChI=1S/C26H32Cl2N2O6/c1-3-35-21(31)15-36-25(34)18(13-16-9-5-4-6-10-16)30-24(33)17-14-19(27)26(23(28)22(17)32)12-8-7-11-20(26)29-2/h4-6,9-10,14,18-20,29,32H,3,7-8,11-13,15H2,1-2H3,(H,30,33). The number of rotatable bonds is 9. The molecule has 4 unspecified atom stereocenters. The molecule has 2 aliphatic carbocycles. The Balaban J connectivity index is 1.82. The first-order valence-electron chi connectivity index (χ1n) is 12.0. The van der Waals surface area contributed by atoms with E-state index in [-0.39, 0.29) is 35.4 Å². The van der Waals surface area contributed by atoms with E-state index in [1.54, 1.807) is 31.2 Å². The number of carbonyl (C=O) groups is 3. The maximum absolute atomic E-state index is 13.3. The highest BCUT2D eigenvalue weighted by Gasteiger charge is 2.51. The predicted octanol–water partition coefficient (Wildman–Crippen LogP) is 3.52. The summed E-state index contributed by atoms with van der Waals surface area (Å²) in [7, 11) is 1.82. The predicted molar refractivity (Wildman–Crippen MR) is 137 cm³/mol. The first kappa shape index (κ1) is 28.0. The zero-order valence-corrected chi connectivity index (χ0v) is 21.9. The monoisotopic (exact) mass is 538 g/mol. The fourth-order valence-corrected chi connectivity index (χ4v) is 5.92. The Hall–Kier alpha value is -2.55. The van der Waals surface area contributed by atoms with Crippen LogP contribution in [0.25, 0.3) is 0 Å². The lowest BCUT2D eigenvalue weighted by Crippen LogP contribution is -2.53. The van der Waals surface area contributed by atoms with Crippen molar-refractivity contribution in [2.75, 3.05) is 20.3 Å². The molecule has 3 N–H and O–H groups in total. The van der Waals surface area contributed by atoms with Crippen molar-refractivity contribution in [3.05, 3.63) is 58.3 Å². The van der Waals surface area contributed by atoms with Gasteiger partial charge in [-0.15, -0.1) is 11.6 Å². The molecule has 1 amide bonds. The fourth-order valence-electron chi connectivity index (χ4n) is 4.92. The Kier molecular flexibility index (Phi) is 9.82. The van der Waals surface area contributed by atoms with Gasteiger partial charge in [-0.1, -0.05) is 54.8 Å². The number of aliphatic hydroxyl groups is 1. The molecular weight excluding hydrogens is 507 g/mol. The first-order chi connectivity index (χ1) is 17.2. The zero-order valence-electron chi connectivity index (χ0n) is 20.4. The summed E-state index contributed by atoms with van der Waals surface area (Å²) in [6.45, 7) is 1.21. The van der Waals surface area contributed by atoms with Gasteiger partial charge in [-0.2, -0.15) is 0 Å². The van der Waals surface area contributed by atoms with Crippen LogP contribution in [0.3, 0.4) is 0 Å². The second-order valence-electron chi connectivity index (χ2n) is 8.90. The van der Waals surface area contributed by atoms with Gasteiger partial charge in [0.05, 0.1) is 22.6 Å². The van der Waals surface area contributed by atoms with E-state index in [0.29, 0.717) is 6.42 Å². The van der Waals surface area contributed by atoms with Crippen molar-refractivity contribution in [2.45, 2.75) is 56.5 Å². The normalized spacial score (nSPS) is 24.6. The third-order valence-corrected chi connectivity index (χ3v) is 7.78. The molecule has 0 heterocycles. The van der Waals surface area contributed by atoms with Crippen LogP contribution in [0.5, 0.6) is 0 Å². The third kappa shape index (κ3) is 6.05. The second-order valence-corrected chi connectivity index (χ2v) is 9.75. The van der Waals surface area contributed by atoms with Crippen molar-refractivity contribution in [1.82, 2.24) is 10.6 Å². The maximum atomic E-state index is 13.3. The number of allylic oxidation sites excluding steroid dienone is 1. The largest absolute Gasteiger partial charge is 0.506 e. The van der Waals surface area contributed by atoms with Gasteiger partial charge < -0.3 is 25.2 Å². The Morgan fingerprint density at radius 1 is 1.19 bits per heavy atom. The van der Waals surface area contributed by atoms with Gasteiger partial charge in [0.25, 0.3) is 5.91 Å². The molecule has 0 saturated heterocycles. The highest BCUT2D eigenvalue weighted by atomic mass is 35.5. The number of benzene rings is 1. The van der Waals surface area contributed by atoms with Crippen molar-refractivity contribution >= 4 is 41.0 Å². The number of hydrogen-bond acceptors (Lipinski definition) is 7. The number of alkyl halides is 1. The molecule has 4 atom stereocenters. The van der Waals surface area contributed by atoms with Gasteiger partial charge in [-0.05, 0) is 38.5 Å². The van der Waals surface area contributed by atoms with Crippen molar-refractivity contribution < 1.29 is 29.0 Å². The molecule has 2 aliphatic rings. The van der Waals surface area contributed by atoms with Crippen LogP contribution in [-0.4, -0.2) is 60.7 Å². The molecule has 8 nitrogen and oxygen atoms in total. The summed E-state index contributed by atoms with van der Waals surface area (Å²) in [6, 6.07) is 7.83.